The summed E-state index contributed by atoms with van der Waals surface area (Å²) in [5, 5.41) is 7.46. The fourth-order valence-electron chi connectivity index (χ4n) is 4.49. The zero-order chi connectivity index (χ0) is 24.5. The maximum atomic E-state index is 13.3. The van der Waals surface area contributed by atoms with Gasteiger partial charge in [-0.1, -0.05) is 37.3 Å². The van der Waals surface area contributed by atoms with Gasteiger partial charge in [0.25, 0.3) is 0 Å². The van der Waals surface area contributed by atoms with Crippen molar-refractivity contribution in [3.63, 3.8) is 0 Å². The van der Waals surface area contributed by atoms with E-state index >= 15 is 0 Å². The molecule has 3 aliphatic rings. The maximum Gasteiger partial charge on any atom is 0.337 e. The van der Waals surface area contributed by atoms with Crippen LogP contribution in [0.1, 0.15) is 59.3 Å². The Balaban J connectivity index is 1.92. The van der Waals surface area contributed by atoms with Crippen LogP contribution < -0.4 is 5.84 Å². The van der Waals surface area contributed by atoms with Gasteiger partial charge in [-0.15, -0.1) is 5.11 Å². The predicted molar refractivity (Wildman–Crippen MR) is 133 cm³/mol. The number of allylic oxidation sites excluding steroid dienone is 4. The lowest BCUT2D eigenvalue weighted by molar-refractivity contribution is -0.138. The first-order chi connectivity index (χ1) is 16.5. The quantitative estimate of drug-likeness (QED) is 0.246. The van der Waals surface area contributed by atoms with Crippen LogP contribution in [0.2, 0.25) is 0 Å². The molecule has 2 aliphatic carbocycles. The van der Waals surface area contributed by atoms with Gasteiger partial charge in [0.2, 0.25) is 5.91 Å². The van der Waals surface area contributed by atoms with Crippen molar-refractivity contribution in [3.8, 4) is 0 Å². The molecule has 1 amide bonds. The summed E-state index contributed by atoms with van der Waals surface area (Å²) in [4.78, 5) is 32.2. The lowest BCUT2D eigenvalue weighted by Gasteiger charge is -2.24. The predicted octanol–water partition coefficient (Wildman–Crippen LogP) is 4.52. The minimum absolute atomic E-state index is 0.0131. The molecule has 3 rings (SSSR count). The smallest absolute Gasteiger partial charge is 0.337 e. The lowest BCUT2D eigenvalue weighted by Crippen LogP contribution is -2.34. The Bertz CT molecular complexity index is 1010. The largest absolute Gasteiger partial charge is 0.462 e. The number of nitrogens with zero attached hydrogens (tertiary/aromatic N) is 4. The minimum atomic E-state index is -0.291. The summed E-state index contributed by atoms with van der Waals surface area (Å²) in [6, 6.07) is -0.186. The van der Waals surface area contributed by atoms with E-state index in [1.165, 1.54) is 0 Å². The number of carbonyl (C=O) groups excluding carboxylic acids is 2. The fraction of sp³-hybridized carbons (Fsp3) is 0.500. The third-order valence-corrected chi connectivity index (χ3v) is 6.02. The van der Waals surface area contributed by atoms with E-state index in [0.717, 1.165) is 42.4 Å². The van der Waals surface area contributed by atoms with Crippen LogP contribution in [0.25, 0.3) is 0 Å². The molecule has 1 heterocycles. The van der Waals surface area contributed by atoms with Gasteiger partial charge in [-0.2, -0.15) is 0 Å². The standard InChI is InChI=1S/C26H35N5O3/c1-4-12-31(13-5-2)25(32)22-15-20-11-10-19(16-23(20)28-24(17-22)29-30-27)18-8-7-9-21(14-18)26(33)34-6-3/h9-11,14-15,23H,4-8,12-13,16-17H2,1-3H3,(H2,27,28,29). The number of rotatable bonds is 8. The van der Waals surface area contributed by atoms with Crippen LogP contribution in [0, 0.1) is 0 Å². The topological polar surface area (TPSA) is 110 Å². The summed E-state index contributed by atoms with van der Waals surface area (Å²) < 4.78 is 5.17. The highest BCUT2D eigenvalue weighted by molar-refractivity contribution is 6.01. The summed E-state index contributed by atoms with van der Waals surface area (Å²) in [6.45, 7) is 7.73. The van der Waals surface area contributed by atoms with Gasteiger partial charge in [-0.05, 0) is 67.9 Å². The SMILES string of the molecule is CCCN(CCC)C(=O)C1=CC2=CC=C(C3=CC(C(=O)OCC)=CCC3)CC2N=C(N=NN)C1. The molecule has 1 atom stereocenters. The van der Waals surface area contributed by atoms with Gasteiger partial charge < -0.3 is 15.5 Å². The number of aliphatic imine (C=N–C) groups is 1. The molecule has 0 bridgehead atoms. The van der Waals surface area contributed by atoms with Crippen molar-refractivity contribution < 1.29 is 14.3 Å². The summed E-state index contributed by atoms with van der Waals surface area (Å²) >= 11 is 0. The third-order valence-electron chi connectivity index (χ3n) is 6.02. The number of esters is 1. The molecule has 0 radical (unpaired) electrons. The summed E-state index contributed by atoms with van der Waals surface area (Å²) in [5.74, 6) is 5.52. The van der Waals surface area contributed by atoms with Crippen molar-refractivity contribution >= 4 is 17.7 Å². The van der Waals surface area contributed by atoms with Gasteiger partial charge in [-0.3, -0.25) is 9.79 Å². The third kappa shape index (κ3) is 6.18. The van der Waals surface area contributed by atoms with Gasteiger partial charge in [-0.25, -0.2) is 4.79 Å². The van der Waals surface area contributed by atoms with E-state index in [9.17, 15) is 9.59 Å². The number of ether oxygens (including phenoxy) is 1. The van der Waals surface area contributed by atoms with Gasteiger partial charge >= 0.3 is 5.97 Å². The first-order valence-electron chi connectivity index (χ1n) is 12.2. The zero-order valence-electron chi connectivity index (χ0n) is 20.4. The van der Waals surface area contributed by atoms with Crippen molar-refractivity contribution in [2.45, 2.75) is 65.3 Å². The average molecular weight is 466 g/mol. The Labute approximate surface area is 201 Å². The van der Waals surface area contributed by atoms with E-state index < -0.39 is 0 Å². The van der Waals surface area contributed by atoms with Crippen LogP contribution in [-0.2, 0) is 14.3 Å². The van der Waals surface area contributed by atoms with Crippen molar-refractivity contribution in [2.75, 3.05) is 19.7 Å². The Morgan fingerprint density at radius 3 is 2.59 bits per heavy atom. The van der Waals surface area contributed by atoms with Crippen LogP contribution in [0.4, 0.5) is 0 Å². The van der Waals surface area contributed by atoms with Gasteiger partial charge in [0.1, 0.15) is 0 Å². The number of hydrogen-bond acceptors (Lipinski definition) is 6. The van der Waals surface area contributed by atoms with E-state index in [4.69, 9.17) is 15.6 Å². The summed E-state index contributed by atoms with van der Waals surface area (Å²) in [6.07, 6.45) is 14.3. The molecule has 2 N–H and O–H groups in total. The molecule has 0 aromatic carbocycles. The molecule has 182 valence electrons. The monoisotopic (exact) mass is 465 g/mol. The molecule has 1 unspecified atom stereocenters. The fourth-order valence-corrected chi connectivity index (χ4v) is 4.49. The Hall–Kier alpha value is -3.29. The van der Waals surface area contributed by atoms with E-state index in [-0.39, 0.29) is 17.9 Å². The highest BCUT2D eigenvalue weighted by Gasteiger charge is 2.28. The highest BCUT2D eigenvalue weighted by atomic mass is 16.5. The Kier molecular flexibility index (Phi) is 9.13. The molecule has 8 heteroatoms. The Morgan fingerprint density at radius 1 is 1.15 bits per heavy atom. The molecule has 1 aliphatic heterocycles. The molecule has 0 fully saturated rings. The molecule has 0 saturated heterocycles. The molecular formula is C26H35N5O3. The molecule has 34 heavy (non-hydrogen) atoms. The molecular weight excluding hydrogens is 430 g/mol. The second-order valence-electron chi connectivity index (χ2n) is 8.57. The van der Waals surface area contributed by atoms with Crippen molar-refractivity contribution in [2.24, 2.45) is 21.2 Å². The van der Waals surface area contributed by atoms with E-state index in [1.54, 1.807) is 6.92 Å². The molecule has 0 aromatic heterocycles. The summed E-state index contributed by atoms with van der Waals surface area (Å²) in [7, 11) is 0. The number of fused-ring (bicyclic) bond motifs is 1. The van der Waals surface area contributed by atoms with E-state index in [2.05, 4.69) is 30.3 Å². The van der Waals surface area contributed by atoms with E-state index in [1.807, 2.05) is 29.2 Å². The number of hydrogen-bond donors (Lipinski definition) is 1. The van der Waals surface area contributed by atoms with E-state index in [0.29, 0.717) is 49.5 Å². The van der Waals surface area contributed by atoms with Crippen LogP contribution in [0.3, 0.4) is 0 Å². The Morgan fingerprint density at radius 2 is 1.91 bits per heavy atom. The number of amides is 1. The average Bonchev–Trinajstić information content (AvgIpc) is 3.02. The van der Waals surface area contributed by atoms with Crippen molar-refractivity contribution in [1.29, 1.82) is 0 Å². The maximum absolute atomic E-state index is 13.3. The first-order valence-corrected chi connectivity index (χ1v) is 12.2. The molecule has 0 saturated carbocycles. The van der Waals surface area contributed by atoms with Crippen LogP contribution in [0.5, 0.6) is 0 Å². The van der Waals surface area contributed by atoms with Gasteiger partial charge in [0, 0.05) is 25.1 Å². The van der Waals surface area contributed by atoms with Crippen molar-refractivity contribution in [1.82, 2.24) is 4.90 Å². The van der Waals surface area contributed by atoms with Crippen molar-refractivity contribution in [3.05, 3.63) is 58.2 Å². The van der Waals surface area contributed by atoms with Crippen LogP contribution >= 0.6 is 0 Å². The van der Waals surface area contributed by atoms with Gasteiger partial charge in [0.05, 0.1) is 18.2 Å². The molecule has 8 nitrogen and oxygen atoms in total. The van der Waals surface area contributed by atoms with Crippen LogP contribution in [-0.4, -0.2) is 48.4 Å². The first kappa shape index (κ1) is 25.3. The highest BCUT2D eigenvalue weighted by Crippen LogP contribution is 2.34. The zero-order valence-corrected chi connectivity index (χ0v) is 20.4. The molecule has 0 aromatic rings. The van der Waals surface area contributed by atoms with Gasteiger partial charge in [0.15, 0.2) is 5.84 Å². The van der Waals surface area contributed by atoms with Crippen LogP contribution in [0.15, 0.2) is 73.6 Å². The minimum Gasteiger partial charge on any atom is -0.462 e. The second-order valence-corrected chi connectivity index (χ2v) is 8.57. The number of amidine groups is 1. The normalized spacial score (nSPS) is 20.1. The lowest BCUT2D eigenvalue weighted by atomic mass is 9.85. The number of carbonyl (C=O) groups is 2. The molecule has 0 spiro atoms. The second kappa shape index (κ2) is 12.3. The summed E-state index contributed by atoms with van der Waals surface area (Å²) in [5.41, 5.74) is 4.46. The number of nitrogens with two attached hydrogens (primary N) is 1.